The number of nitrogens with zero attached hydrogens (tertiary/aromatic N) is 2. The fourth-order valence-electron chi connectivity index (χ4n) is 2.98. The zero-order chi connectivity index (χ0) is 16.8. The maximum atomic E-state index is 13.1. The number of halogens is 1. The second kappa shape index (κ2) is 7.44. The molecule has 7 heteroatoms. The lowest BCUT2D eigenvalue weighted by atomic mass is 9.87. The third kappa shape index (κ3) is 3.56. The minimum Gasteiger partial charge on any atom is -0.492 e. The van der Waals surface area contributed by atoms with Gasteiger partial charge in [-0.3, -0.25) is 9.48 Å². The second-order valence-electron chi connectivity index (χ2n) is 5.79. The number of hydrogen-bond donors (Lipinski definition) is 2. The predicted octanol–water partition coefficient (Wildman–Crippen LogP) is 1.30. The van der Waals surface area contributed by atoms with E-state index in [4.69, 9.17) is 4.74 Å². The van der Waals surface area contributed by atoms with Gasteiger partial charge in [-0.05, 0) is 44.1 Å². The molecular formula is C17H21FN4O2. The summed E-state index contributed by atoms with van der Waals surface area (Å²) >= 11 is 0. The van der Waals surface area contributed by atoms with E-state index in [0.29, 0.717) is 25.1 Å². The molecular weight excluding hydrogens is 311 g/mol. The zero-order valence-electron chi connectivity index (χ0n) is 13.4. The largest absolute Gasteiger partial charge is 0.492 e. The predicted molar refractivity (Wildman–Crippen MR) is 87.2 cm³/mol. The monoisotopic (exact) mass is 332 g/mol. The van der Waals surface area contributed by atoms with Crippen molar-refractivity contribution in [2.75, 3.05) is 26.2 Å². The summed E-state index contributed by atoms with van der Waals surface area (Å²) in [5, 5.41) is 10.5. The van der Waals surface area contributed by atoms with E-state index in [2.05, 4.69) is 15.7 Å². The molecule has 1 aliphatic heterocycles. The Labute approximate surface area is 140 Å². The van der Waals surface area contributed by atoms with Crippen LogP contribution in [0.1, 0.15) is 12.8 Å². The third-order valence-electron chi connectivity index (χ3n) is 4.25. The summed E-state index contributed by atoms with van der Waals surface area (Å²) in [6, 6.07) is 7.78. The van der Waals surface area contributed by atoms with Gasteiger partial charge in [0.1, 0.15) is 23.7 Å². The van der Waals surface area contributed by atoms with E-state index in [1.165, 1.54) is 12.1 Å². The number of benzene rings is 1. The average Bonchev–Trinajstić information content (AvgIpc) is 3.14. The number of carbonyl (C=O) groups is 1. The smallest absolute Gasteiger partial charge is 0.248 e. The molecule has 2 aromatic rings. The Morgan fingerprint density at radius 3 is 2.92 bits per heavy atom. The first-order valence-corrected chi connectivity index (χ1v) is 8.08. The van der Waals surface area contributed by atoms with Crippen LogP contribution in [0, 0.1) is 5.82 Å². The maximum Gasteiger partial charge on any atom is 0.248 e. The average molecular weight is 332 g/mol. The van der Waals surface area contributed by atoms with Gasteiger partial charge in [-0.2, -0.15) is 5.10 Å². The Bertz CT molecular complexity index is 669. The summed E-state index contributed by atoms with van der Waals surface area (Å²) in [5.74, 6) is 0.0484. The van der Waals surface area contributed by atoms with Crippen LogP contribution in [-0.2, 0) is 10.3 Å². The molecule has 1 aromatic heterocycles. The van der Waals surface area contributed by atoms with Crippen molar-refractivity contribution in [1.82, 2.24) is 20.4 Å². The van der Waals surface area contributed by atoms with Crippen molar-refractivity contribution in [2.24, 2.45) is 0 Å². The van der Waals surface area contributed by atoms with Crippen LogP contribution in [0.4, 0.5) is 4.39 Å². The fourth-order valence-corrected chi connectivity index (χ4v) is 2.98. The normalized spacial score (nSPS) is 16.5. The SMILES string of the molecule is O=C(NCCOc1cccc(F)c1)C1(n2cccn2)CCNCC1. The van der Waals surface area contributed by atoms with Crippen molar-refractivity contribution in [3.05, 3.63) is 48.5 Å². The maximum absolute atomic E-state index is 13.1. The third-order valence-corrected chi connectivity index (χ3v) is 4.25. The Kier molecular flexibility index (Phi) is 5.10. The van der Waals surface area contributed by atoms with Gasteiger partial charge < -0.3 is 15.4 Å². The lowest BCUT2D eigenvalue weighted by Gasteiger charge is -2.36. The van der Waals surface area contributed by atoms with Gasteiger partial charge in [0.15, 0.2) is 0 Å². The summed E-state index contributed by atoms with van der Waals surface area (Å²) in [6.45, 7) is 2.18. The Hall–Kier alpha value is -2.41. The molecule has 2 N–H and O–H groups in total. The van der Waals surface area contributed by atoms with E-state index < -0.39 is 5.54 Å². The first-order chi connectivity index (χ1) is 11.7. The van der Waals surface area contributed by atoms with Gasteiger partial charge in [-0.15, -0.1) is 0 Å². The van der Waals surface area contributed by atoms with Crippen LogP contribution in [0.25, 0.3) is 0 Å². The molecule has 0 unspecified atom stereocenters. The first-order valence-electron chi connectivity index (χ1n) is 8.08. The molecule has 0 bridgehead atoms. The van der Waals surface area contributed by atoms with Crippen LogP contribution < -0.4 is 15.4 Å². The summed E-state index contributed by atoms with van der Waals surface area (Å²) in [7, 11) is 0. The lowest BCUT2D eigenvalue weighted by molar-refractivity contribution is -0.132. The summed E-state index contributed by atoms with van der Waals surface area (Å²) in [5.41, 5.74) is -0.659. The van der Waals surface area contributed by atoms with E-state index in [9.17, 15) is 9.18 Å². The standard InChI is InChI=1S/C17H21FN4O2/c18-14-3-1-4-15(13-14)24-12-10-20-16(23)17(5-8-19-9-6-17)22-11-2-7-21-22/h1-4,7,11,13,19H,5-6,8-10,12H2,(H,20,23). The van der Waals surface area contributed by atoms with Gasteiger partial charge in [0.05, 0.1) is 6.54 Å². The van der Waals surface area contributed by atoms with Crippen LogP contribution in [0.3, 0.4) is 0 Å². The highest BCUT2D eigenvalue weighted by Gasteiger charge is 2.41. The minimum absolute atomic E-state index is 0.0597. The van der Waals surface area contributed by atoms with E-state index >= 15 is 0 Å². The molecule has 24 heavy (non-hydrogen) atoms. The number of piperidine rings is 1. The van der Waals surface area contributed by atoms with Crippen molar-refractivity contribution >= 4 is 5.91 Å². The molecule has 128 valence electrons. The number of ether oxygens (including phenoxy) is 1. The molecule has 0 spiro atoms. The fraction of sp³-hybridized carbons (Fsp3) is 0.412. The number of nitrogens with one attached hydrogen (secondary N) is 2. The highest BCUT2D eigenvalue weighted by molar-refractivity contribution is 5.84. The van der Waals surface area contributed by atoms with E-state index in [1.807, 2.05) is 12.3 Å². The quantitative estimate of drug-likeness (QED) is 0.783. The summed E-state index contributed by atoms with van der Waals surface area (Å²) in [6.07, 6.45) is 4.88. The summed E-state index contributed by atoms with van der Waals surface area (Å²) in [4.78, 5) is 12.8. The van der Waals surface area contributed by atoms with Gasteiger partial charge in [0, 0.05) is 18.5 Å². The van der Waals surface area contributed by atoms with Crippen molar-refractivity contribution in [1.29, 1.82) is 0 Å². The molecule has 0 aliphatic carbocycles. The second-order valence-corrected chi connectivity index (χ2v) is 5.79. The Morgan fingerprint density at radius 2 is 2.21 bits per heavy atom. The first kappa shape index (κ1) is 16.4. The molecule has 1 saturated heterocycles. The van der Waals surface area contributed by atoms with E-state index in [0.717, 1.165) is 13.1 Å². The van der Waals surface area contributed by atoms with Crippen LogP contribution in [0.5, 0.6) is 5.75 Å². The number of aromatic nitrogens is 2. The van der Waals surface area contributed by atoms with E-state index in [-0.39, 0.29) is 18.3 Å². The molecule has 1 aromatic carbocycles. The molecule has 0 radical (unpaired) electrons. The van der Waals surface area contributed by atoms with Crippen molar-refractivity contribution in [3.8, 4) is 5.75 Å². The van der Waals surface area contributed by atoms with Crippen molar-refractivity contribution in [2.45, 2.75) is 18.4 Å². The molecule has 1 fully saturated rings. The van der Waals surface area contributed by atoms with Gasteiger partial charge >= 0.3 is 0 Å². The molecule has 0 atom stereocenters. The molecule has 1 amide bonds. The van der Waals surface area contributed by atoms with Crippen molar-refractivity contribution in [3.63, 3.8) is 0 Å². The molecule has 2 heterocycles. The summed E-state index contributed by atoms with van der Waals surface area (Å²) < 4.78 is 20.3. The number of hydrogen-bond acceptors (Lipinski definition) is 4. The molecule has 6 nitrogen and oxygen atoms in total. The van der Waals surface area contributed by atoms with Crippen LogP contribution >= 0.6 is 0 Å². The number of amides is 1. The highest BCUT2D eigenvalue weighted by Crippen LogP contribution is 2.27. The molecule has 0 saturated carbocycles. The van der Waals surface area contributed by atoms with Gasteiger partial charge in [-0.25, -0.2) is 4.39 Å². The lowest BCUT2D eigenvalue weighted by Crippen LogP contribution is -2.55. The van der Waals surface area contributed by atoms with Gasteiger partial charge in [0.2, 0.25) is 5.91 Å². The van der Waals surface area contributed by atoms with Crippen molar-refractivity contribution < 1.29 is 13.9 Å². The zero-order valence-corrected chi connectivity index (χ0v) is 13.4. The van der Waals surface area contributed by atoms with Gasteiger partial charge in [-0.1, -0.05) is 6.07 Å². The minimum atomic E-state index is -0.659. The van der Waals surface area contributed by atoms with E-state index in [1.54, 1.807) is 23.0 Å². The van der Waals surface area contributed by atoms with Crippen LogP contribution in [0.2, 0.25) is 0 Å². The molecule has 3 rings (SSSR count). The van der Waals surface area contributed by atoms with Crippen LogP contribution in [-0.4, -0.2) is 41.9 Å². The number of rotatable bonds is 6. The topological polar surface area (TPSA) is 68.2 Å². The Morgan fingerprint density at radius 1 is 1.38 bits per heavy atom. The Balaban J connectivity index is 1.56. The van der Waals surface area contributed by atoms with Crippen LogP contribution in [0.15, 0.2) is 42.7 Å². The number of carbonyl (C=O) groups excluding carboxylic acids is 1. The van der Waals surface area contributed by atoms with Gasteiger partial charge in [0.25, 0.3) is 0 Å². The molecule has 1 aliphatic rings. The highest BCUT2D eigenvalue weighted by atomic mass is 19.1.